The SMILES string of the molecule is COc1ccc(-n2nc(-c3cccs3)cc2C(=O)N2C[C@@H](C)O[C@H](C)C2)cc1. The number of hydrogen-bond donors (Lipinski definition) is 0. The lowest BCUT2D eigenvalue weighted by atomic mass is 10.2. The molecular weight excluding hydrogens is 374 g/mol. The minimum Gasteiger partial charge on any atom is -0.497 e. The van der Waals surface area contributed by atoms with Crippen LogP contribution in [0.3, 0.4) is 0 Å². The molecule has 0 spiro atoms. The summed E-state index contributed by atoms with van der Waals surface area (Å²) in [4.78, 5) is 16.3. The predicted molar refractivity (Wildman–Crippen MR) is 109 cm³/mol. The van der Waals surface area contributed by atoms with Gasteiger partial charge in [0, 0.05) is 13.1 Å². The number of hydrogen-bond acceptors (Lipinski definition) is 5. The summed E-state index contributed by atoms with van der Waals surface area (Å²) in [7, 11) is 1.63. The molecule has 1 aliphatic heterocycles. The normalized spacial score (nSPS) is 19.6. The first kappa shape index (κ1) is 18.7. The second kappa shape index (κ2) is 7.77. The lowest BCUT2D eigenvalue weighted by Crippen LogP contribution is -2.48. The number of benzene rings is 1. The quantitative estimate of drug-likeness (QED) is 0.671. The highest BCUT2D eigenvalue weighted by molar-refractivity contribution is 7.13. The topological polar surface area (TPSA) is 56.6 Å². The van der Waals surface area contributed by atoms with Crippen molar-refractivity contribution in [3.8, 4) is 22.0 Å². The Labute approximate surface area is 168 Å². The molecule has 1 amide bonds. The van der Waals surface area contributed by atoms with Gasteiger partial charge < -0.3 is 14.4 Å². The number of morpholine rings is 1. The number of nitrogens with zero attached hydrogens (tertiary/aromatic N) is 3. The smallest absolute Gasteiger partial charge is 0.272 e. The molecule has 0 radical (unpaired) electrons. The summed E-state index contributed by atoms with van der Waals surface area (Å²) in [6.45, 7) is 5.14. The molecular formula is C21H23N3O3S. The summed E-state index contributed by atoms with van der Waals surface area (Å²) >= 11 is 1.61. The molecule has 0 bridgehead atoms. The third kappa shape index (κ3) is 3.68. The molecule has 1 fully saturated rings. The van der Waals surface area contributed by atoms with Gasteiger partial charge in [-0.1, -0.05) is 6.07 Å². The number of carbonyl (C=O) groups excluding carboxylic acids is 1. The van der Waals surface area contributed by atoms with E-state index in [0.29, 0.717) is 18.8 Å². The average Bonchev–Trinajstić information content (AvgIpc) is 3.36. The fourth-order valence-corrected chi connectivity index (χ4v) is 4.19. The standard InChI is InChI=1S/C21H23N3O3S/c1-14-12-23(13-15(2)27-14)21(25)19-11-18(20-5-4-10-28-20)22-24(19)16-6-8-17(26-3)9-7-16/h4-11,14-15H,12-13H2,1-3H3/t14-,15-/m1/s1. The molecule has 1 aromatic carbocycles. The van der Waals surface area contributed by atoms with E-state index in [1.165, 1.54) is 0 Å². The first-order chi connectivity index (χ1) is 13.5. The lowest BCUT2D eigenvalue weighted by Gasteiger charge is -2.35. The van der Waals surface area contributed by atoms with E-state index in [0.717, 1.165) is 22.0 Å². The summed E-state index contributed by atoms with van der Waals surface area (Å²) in [5.74, 6) is 0.728. The Hall–Kier alpha value is -2.64. The third-order valence-corrected chi connectivity index (χ3v) is 5.62. The number of thiophene rings is 1. The molecule has 1 aliphatic rings. The molecule has 28 heavy (non-hydrogen) atoms. The molecule has 146 valence electrons. The molecule has 3 heterocycles. The molecule has 0 unspecified atom stereocenters. The van der Waals surface area contributed by atoms with Gasteiger partial charge in [-0.2, -0.15) is 5.10 Å². The Morgan fingerprint density at radius 2 is 1.89 bits per heavy atom. The van der Waals surface area contributed by atoms with Crippen molar-refractivity contribution in [2.45, 2.75) is 26.1 Å². The lowest BCUT2D eigenvalue weighted by molar-refractivity contribution is -0.0588. The van der Waals surface area contributed by atoms with Crippen molar-refractivity contribution in [1.82, 2.24) is 14.7 Å². The van der Waals surface area contributed by atoms with Crippen LogP contribution in [-0.2, 0) is 4.74 Å². The van der Waals surface area contributed by atoms with Gasteiger partial charge in [0.05, 0.1) is 29.9 Å². The van der Waals surface area contributed by atoms with Gasteiger partial charge in [-0.25, -0.2) is 4.68 Å². The molecule has 0 aliphatic carbocycles. The van der Waals surface area contributed by atoms with E-state index in [2.05, 4.69) is 0 Å². The van der Waals surface area contributed by atoms with Gasteiger partial charge in [-0.05, 0) is 55.6 Å². The van der Waals surface area contributed by atoms with Gasteiger partial charge in [0.2, 0.25) is 0 Å². The number of ether oxygens (including phenoxy) is 2. The van der Waals surface area contributed by atoms with E-state index >= 15 is 0 Å². The maximum absolute atomic E-state index is 13.4. The summed E-state index contributed by atoms with van der Waals surface area (Å²) in [5, 5.41) is 6.75. The third-order valence-electron chi connectivity index (χ3n) is 4.73. The first-order valence-corrected chi connectivity index (χ1v) is 10.2. The molecule has 0 saturated carbocycles. The largest absolute Gasteiger partial charge is 0.497 e. The van der Waals surface area contributed by atoms with Crippen LogP contribution in [0.1, 0.15) is 24.3 Å². The van der Waals surface area contributed by atoms with Crippen LogP contribution in [0, 0.1) is 0 Å². The molecule has 1 saturated heterocycles. The maximum Gasteiger partial charge on any atom is 0.272 e. The molecule has 0 N–H and O–H groups in total. The fraction of sp³-hybridized carbons (Fsp3) is 0.333. The number of carbonyl (C=O) groups is 1. The van der Waals surface area contributed by atoms with Crippen molar-refractivity contribution in [3.05, 3.63) is 53.5 Å². The highest BCUT2D eigenvalue weighted by Crippen LogP contribution is 2.27. The van der Waals surface area contributed by atoms with Gasteiger partial charge >= 0.3 is 0 Å². The van der Waals surface area contributed by atoms with E-state index in [1.54, 1.807) is 23.1 Å². The van der Waals surface area contributed by atoms with Gasteiger partial charge in [0.25, 0.3) is 5.91 Å². The van der Waals surface area contributed by atoms with E-state index in [9.17, 15) is 4.79 Å². The van der Waals surface area contributed by atoms with Crippen molar-refractivity contribution >= 4 is 17.2 Å². The van der Waals surface area contributed by atoms with Crippen LogP contribution in [0.2, 0.25) is 0 Å². The Morgan fingerprint density at radius 3 is 2.50 bits per heavy atom. The van der Waals surface area contributed by atoms with Crippen LogP contribution < -0.4 is 4.74 Å². The van der Waals surface area contributed by atoms with E-state index < -0.39 is 0 Å². The zero-order chi connectivity index (χ0) is 19.7. The van der Waals surface area contributed by atoms with Gasteiger partial charge in [-0.15, -0.1) is 11.3 Å². The van der Waals surface area contributed by atoms with Gasteiger partial charge in [0.1, 0.15) is 17.1 Å². The summed E-state index contributed by atoms with van der Waals surface area (Å²) in [6, 6.07) is 13.4. The van der Waals surface area contributed by atoms with Crippen molar-refractivity contribution < 1.29 is 14.3 Å². The molecule has 4 rings (SSSR count). The second-order valence-corrected chi connectivity index (χ2v) is 7.92. The maximum atomic E-state index is 13.4. The zero-order valence-electron chi connectivity index (χ0n) is 16.2. The summed E-state index contributed by atoms with van der Waals surface area (Å²) in [5.41, 5.74) is 2.17. The number of aromatic nitrogens is 2. The minimum atomic E-state index is -0.0341. The number of rotatable bonds is 4. The minimum absolute atomic E-state index is 0.0156. The van der Waals surface area contributed by atoms with E-state index in [4.69, 9.17) is 14.6 Å². The Kier molecular flexibility index (Phi) is 5.19. The van der Waals surface area contributed by atoms with Crippen LogP contribution in [0.5, 0.6) is 5.75 Å². The predicted octanol–water partition coefficient (Wildman–Crippen LogP) is 3.86. The van der Waals surface area contributed by atoms with E-state index in [1.807, 2.05) is 66.6 Å². The monoisotopic (exact) mass is 397 g/mol. The second-order valence-electron chi connectivity index (χ2n) is 6.97. The fourth-order valence-electron chi connectivity index (χ4n) is 3.50. The Morgan fingerprint density at radius 1 is 1.18 bits per heavy atom. The summed E-state index contributed by atoms with van der Waals surface area (Å²) in [6.07, 6.45) is 0.0312. The van der Waals surface area contributed by atoms with Gasteiger partial charge in [0.15, 0.2) is 0 Å². The Bertz CT molecular complexity index is 940. The van der Waals surface area contributed by atoms with Crippen molar-refractivity contribution in [2.75, 3.05) is 20.2 Å². The first-order valence-electron chi connectivity index (χ1n) is 9.28. The van der Waals surface area contributed by atoms with Crippen molar-refractivity contribution in [2.24, 2.45) is 0 Å². The molecule has 6 nitrogen and oxygen atoms in total. The van der Waals surface area contributed by atoms with Crippen LogP contribution >= 0.6 is 11.3 Å². The molecule has 2 aromatic heterocycles. The Balaban J connectivity index is 1.74. The van der Waals surface area contributed by atoms with Crippen molar-refractivity contribution in [1.29, 1.82) is 0 Å². The number of methoxy groups -OCH3 is 1. The zero-order valence-corrected chi connectivity index (χ0v) is 17.0. The van der Waals surface area contributed by atoms with E-state index in [-0.39, 0.29) is 18.1 Å². The molecule has 7 heteroatoms. The summed E-state index contributed by atoms with van der Waals surface area (Å²) < 4.78 is 12.8. The van der Waals surface area contributed by atoms with Crippen LogP contribution in [0.25, 0.3) is 16.3 Å². The number of amides is 1. The van der Waals surface area contributed by atoms with Gasteiger partial charge in [-0.3, -0.25) is 4.79 Å². The van der Waals surface area contributed by atoms with Crippen molar-refractivity contribution in [3.63, 3.8) is 0 Å². The van der Waals surface area contributed by atoms with Crippen LogP contribution in [0.15, 0.2) is 47.8 Å². The van der Waals surface area contributed by atoms with Crippen LogP contribution in [0.4, 0.5) is 0 Å². The highest BCUT2D eigenvalue weighted by atomic mass is 32.1. The highest BCUT2D eigenvalue weighted by Gasteiger charge is 2.29. The average molecular weight is 398 g/mol. The molecule has 2 atom stereocenters. The van der Waals surface area contributed by atoms with Crippen LogP contribution in [-0.4, -0.2) is 53.0 Å². The molecule has 3 aromatic rings.